The van der Waals surface area contributed by atoms with Crippen LogP contribution >= 0.6 is 11.6 Å². The highest BCUT2D eigenvalue weighted by Crippen LogP contribution is 2.39. The van der Waals surface area contributed by atoms with Crippen LogP contribution in [0, 0.1) is 0 Å². The van der Waals surface area contributed by atoms with Crippen molar-refractivity contribution in [3.05, 3.63) is 129 Å². The van der Waals surface area contributed by atoms with Gasteiger partial charge in [-0.1, -0.05) is 98.2 Å². The Kier molecular flexibility index (Phi) is 6.93. The van der Waals surface area contributed by atoms with Gasteiger partial charge in [0.15, 0.2) is 11.3 Å². The minimum absolute atomic E-state index is 0.0381. The smallest absolute Gasteiger partial charge is 0.200 e. The van der Waals surface area contributed by atoms with E-state index >= 15 is 0 Å². The molecule has 0 atom stereocenters. The van der Waals surface area contributed by atoms with Gasteiger partial charge in [0.05, 0.1) is 23.8 Å². The van der Waals surface area contributed by atoms with E-state index in [1.165, 1.54) is 0 Å². The van der Waals surface area contributed by atoms with Crippen LogP contribution in [0.5, 0.6) is 5.75 Å². The molecule has 0 unspecified atom stereocenters. The SMILES string of the molecule is COc1c(N=C(c2ccccc2)c2ccccc2)ccc2c(=O)c(-c3ccc(Cl)cc3)c(C(C)C)oc12. The zero-order valence-electron chi connectivity index (χ0n) is 20.9. The van der Waals surface area contributed by atoms with Gasteiger partial charge in [0.2, 0.25) is 5.43 Å². The van der Waals surface area contributed by atoms with Gasteiger partial charge in [-0.3, -0.25) is 4.79 Å². The van der Waals surface area contributed by atoms with Gasteiger partial charge in [0, 0.05) is 22.1 Å². The second-order valence-corrected chi connectivity index (χ2v) is 9.46. The van der Waals surface area contributed by atoms with Crippen LogP contribution in [0.1, 0.15) is 36.7 Å². The Balaban J connectivity index is 1.77. The molecule has 0 N–H and O–H groups in total. The molecule has 0 bridgehead atoms. The number of aliphatic imine (C=N–C) groups is 1. The molecule has 4 nitrogen and oxygen atoms in total. The average molecular weight is 508 g/mol. The van der Waals surface area contributed by atoms with Crippen LogP contribution in [-0.4, -0.2) is 12.8 Å². The van der Waals surface area contributed by atoms with E-state index in [0.29, 0.717) is 38.8 Å². The van der Waals surface area contributed by atoms with Crippen LogP contribution in [0.2, 0.25) is 5.02 Å². The van der Waals surface area contributed by atoms with E-state index in [-0.39, 0.29) is 11.3 Å². The Morgan fingerprint density at radius 2 is 1.43 bits per heavy atom. The average Bonchev–Trinajstić information content (AvgIpc) is 2.93. The van der Waals surface area contributed by atoms with Crippen molar-refractivity contribution in [2.24, 2.45) is 4.99 Å². The van der Waals surface area contributed by atoms with E-state index in [1.54, 1.807) is 25.3 Å². The van der Waals surface area contributed by atoms with Gasteiger partial charge < -0.3 is 9.15 Å². The number of benzene rings is 4. The van der Waals surface area contributed by atoms with E-state index in [2.05, 4.69) is 0 Å². The number of hydrogen-bond acceptors (Lipinski definition) is 4. The van der Waals surface area contributed by atoms with Gasteiger partial charge >= 0.3 is 0 Å². The van der Waals surface area contributed by atoms with E-state index in [0.717, 1.165) is 22.4 Å². The molecule has 1 aromatic heterocycles. The standard InChI is InChI=1S/C32H26ClNO3/c1-20(2)30-27(21-14-16-24(33)17-15-21)29(35)25-18-19-26(32(36-3)31(25)37-30)34-28(22-10-6-4-7-11-22)23-12-8-5-9-13-23/h4-20H,1-3H3. The lowest BCUT2D eigenvalue weighted by molar-refractivity contribution is 0.405. The largest absolute Gasteiger partial charge is 0.491 e. The maximum absolute atomic E-state index is 13.8. The van der Waals surface area contributed by atoms with Crippen molar-refractivity contribution in [1.82, 2.24) is 0 Å². The van der Waals surface area contributed by atoms with Crippen LogP contribution in [0.3, 0.4) is 0 Å². The maximum atomic E-state index is 13.8. The van der Waals surface area contributed by atoms with Crippen molar-refractivity contribution in [2.45, 2.75) is 19.8 Å². The third-order valence-electron chi connectivity index (χ3n) is 6.21. The van der Waals surface area contributed by atoms with Crippen LogP contribution in [0.4, 0.5) is 5.69 Å². The van der Waals surface area contributed by atoms with Crippen LogP contribution < -0.4 is 10.2 Å². The minimum Gasteiger partial charge on any atom is -0.491 e. The molecule has 37 heavy (non-hydrogen) atoms. The predicted octanol–water partition coefficient (Wildman–Crippen LogP) is 8.41. The molecule has 184 valence electrons. The molecule has 0 aliphatic carbocycles. The summed E-state index contributed by atoms with van der Waals surface area (Å²) in [6.45, 7) is 4.00. The molecule has 5 rings (SSSR count). The van der Waals surface area contributed by atoms with Crippen molar-refractivity contribution in [3.8, 4) is 16.9 Å². The fraction of sp³-hybridized carbons (Fsp3) is 0.125. The number of fused-ring (bicyclic) bond motifs is 1. The monoisotopic (exact) mass is 507 g/mol. The first-order chi connectivity index (χ1) is 18.0. The lowest BCUT2D eigenvalue weighted by atomic mass is 9.96. The van der Waals surface area contributed by atoms with Gasteiger partial charge in [0.1, 0.15) is 11.4 Å². The first-order valence-corrected chi connectivity index (χ1v) is 12.5. The van der Waals surface area contributed by atoms with E-state index in [4.69, 9.17) is 25.7 Å². The summed E-state index contributed by atoms with van der Waals surface area (Å²) >= 11 is 6.09. The molecule has 0 saturated carbocycles. The fourth-order valence-corrected chi connectivity index (χ4v) is 4.56. The van der Waals surface area contributed by atoms with Gasteiger partial charge in [0.25, 0.3) is 0 Å². The second-order valence-electron chi connectivity index (χ2n) is 9.02. The fourth-order valence-electron chi connectivity index (χ4n) is 4.43. The summed E-state index contributed by atoms with van der Waals surface area (Å²) in [7, 11) is 1.57. The summed E-state index contributed by atoms with van der Waals surface area (Å²) < 4.78 is 12.3. The molecule has 0 radical (unpaired) electrons. The Hall–Kier alpha value is -4.15. The first-order valence-electron chi connectivity index (χ1n) is 12.1. The molecular formula is C32H26ClNO3. The third kappa shape index (κ3) is 4.81. The quantitative estimate of drug-likeness (QED) is 0.217. The molecule has 0 saturated heterocycles. The molecule has 0 amide bonds. The topological polar surface area (TPSA) is 51.8 Å². The molecule has 1 heterocycles. The molecule has 0 spiro atoms. The summed E-state index contributed by atoms with van der Waals surface area (Å²) in [4.78, 5) is 18.8. The van der Waals surface area contributed by atoms with Gasteiger partial charge in [-0.05, 0) is 29.8 Å². The Morgan fingerprint density at radius 1 is 0.838 bits per heavy atom. The van der Waals surface area contributed by atoms with Crippen LogP contribution in [-0.2, 0) is 0 Å². The highest BCUT2D eigenvalue weighted by atomic mass is 35.5. The van der Waals surface area contributed by atoms with Crippen molar-refractivity contribution < 1.29 is 9.15 Å². The highest BCUT2D eigenvalue weighted by molar-refractivity contribution is 6.30. The predicted molar refractivity (Wildman–Crippen MR) is 152 cm³/mol. The normalized spacial score (nSPS) is 11.1. The maximum Gasteiger partial charge on any atom is 0.200 e. The zero-order valence-corrected chi connectivity index (χ0v) is 21.6. The first kappa shape index (κ1) is 24.5. The van der Waals surface area contributed by atoms with Crippen LogP contribution in [0.25, 0.3) is 22.1 Å². The number of rotatable bonds is 6. The number of halogens is 1. The number of methoxy groups -OCH3 is 1. The van der Waals surface area contributed by atoms with Crippen molar-refractivity contribution >= 4 is 34.0 Å². The summed E-state index contributed by atoms with van der Waals surface area (Å²) in [5.74, 6) is 0.970. The molecule has 4 aromatic carbocycles. The van der Waals surface area contributed by atoms with Gasteiger partial charge in [-0.2, -0.15) is 0 Å². The minimum atomic E-state index is -0.118. The lowest BCUT2D eigenvalue weighted by Crippen LogP contribution is -2.11. The molecule has 5 heteroatoms. The van der Waals surface area contributed by atoms with Crippen LogP contribution in [0.15, 0.2) is 111 Å². The molecule has 0 aliphatic rings. The Morgan fingerprint density at radius 3 is 1.97 bits per heavy atom. The summed E-state index contributed by atoms with van der Waals surface area (Å²) in [6, 6.07) is 30.8. The molecule has 0 aliphatic heterocycles. The van der Waals surface area contributed by atoms with Crippen molar-refractivity contribution in [3.63, 3.8) is 0 Å². The molecule has 5 aromatic rings. The van der Waals surface area contributed by atoms with Gasteiger partial charge in [-0.25, -0.2) is 4.99 Å². The Bertz CT molecular complexity index is 1600. The summed E-state index contributed by atoms with van der Waals surface area (Å²) in [5, 5.41) is 1.04. The second kappa shape index (κ2) is 10.5. The van der Waals surface area contributed by atoms with Crippen molar-refractivity contribution in [1.29, 1.82) is 0 Å². The summed E-state index contributed by atoms with van der Waals surface area (Å²) in [6.07, 6.45) is 0. The third-order valence-corrected chi connectivity index (χ3v) is 6.46. The molecular weight excluding hydrogens is 482 g/mol. The van der Waals surface area contributed by atoms with E-state index < -0.39 is 0 Å². The zero-order chi connectivity index (χ0) is 25.9. The Labute approximate surface area is 220 Å². The van der Waals surface area contributed by atoms with E-state index in [1.807, 2.05) is 92.7 Å². The number of nitrogens with zero attached hydrogens (tertiary/aromatic N) is 1. The summed E-state index contributed by atoms with van der Waals surface area (Å²) in [5.41, 5.74) is 4.88. The number of hydrogen-bond donors (Lipinski definition) is 0. The number of ether oxygens (including phenoxy) is 1. The molecule has 0 fully saturated rings. The lowest BCUT2D eigenvalue weighted by Gasteiger charge is -2.16. The van der Waals surface area contributed by atoms with E-state index in [9.17, 15) is 4.79 Å². The van der Waals surface area contributed by atoms with Crippen molar-refractivity contribution in [2.75, 3.05) is 7.11 Å². The highest BCUT2D eigenvalue weighted by Gasteiger charge is 2.22. The van der Waals surface area contributed by atoms with Gasteiger partial charge in [-0.15, -0.1) is 0 Å².